The lowest BCUT2D eigenvalue weighted by Gasteiger charge is -2.11. The highest BCUT2D eigenvalue weighted by atomic mass is 16.3. The summed E-state index contributed by atoms with van der Waals surface area (Å²) in [6.07, 6.45) is -0.0635. The van der Waals surface area contributed by atoms with Gasteiger partial charge in [0.15, 0.2) is 0 Å². The first-order chi connectivity index (χ1) is 8.86. The molecule has 0 radical (unpaired) electrons. The van der Waals surface area contributed by atoms with Crippen molar-refractivity contribution < 1.29 is 9.90 Å². The minimum Gasteiger partial charge on any atom is -0.391 e. The van der Waals surface area contributed by atoms with Crippen LogP contribution in [-0.2, 0) is 0 Å². The number of aliphatic hydroxyl groups excluding tert-OH is 1. The summed E-state index contributed by atoms with van der Waals surface area (Å²) in [7, 11) is 0. The van der Waals surface area contributed by atoms with Gasteiger partial charge < -0.3 is 15.4 Å². The molecule has 0 spiro atoms. The van der Waals surface area contributed by atoms with Crippen LogP contribution in [0.15, 0.2) is 4.79 Å². The van der Waals surface area contributed by atoms with Crippen molar-refractivity contribution in [3.8, 4) is 0 Å². The van der Waals surface area contributed by atoms with Gasteiger partial charge in [0.1, 0.15) is 11.4 Å². The van der Waals surface area contributed by atoms with E-state index in [2.05, 4.69) is 15.3 Å². The second-order valence-electron chi connectivity index (χ2n) is 4.84. The summed E-state index contributed by atoms with van der Waals surface area (Å²) in [6.45, 7) is 7.39. The number of aromatic amines is 1. The quantitative estimate of drug-likeness (QED) is 0.732. The number of nitrogens with one attached hydrogen (secondary N) is 2. The average molecular weight is 267 g/mol. The number of H-pyrrole nitrogens is 1. The summed E-state index contributed by atoms with van der Waals surface area (Å²) in [4.78, 5) is 30.6. The highest BCUT2D eigenvalue weighted by molar-refractivity contribution is 5.94. The van der Waals surface area contributed by atoms with Crippen LogP contribution in [0.25, 0.3) is 0 Å². The van der Waals surface area contributed by atoms with Crippen LogP contribution < -0.4 is 10.9 Å². The van der Waals surface area contributed by atoms with Gasteiger partial charge in [-0.3, -0.25) is 9.59 Å². The fourth-order valence-corrected chi connectivity index (χ4v) is 1.59. The zero-order chi connectivity index (χ0) is 14.6. The highest BCUT2D eigenvalue weighted by Crippen LogP contribution is 2.08. The third-order valence-corrected chi connectivity index (χ3v) is 2.86. The Labute approximate surface area is 112 Å². The molecule has 1 unspecified atom stereocenters. The summed E-state index contributed by atoms with van der Waals surface area (Å²) < 4.78 is 0. The third-order valence-electron chi connectivity index (χ3n) is 2.86. The first kappa shape index (κ1) is 15.4. The van der Waals surface area contributed by atoms with Gasteiger partial charge in [-0.15, -0.1) is 0 Å². The lowest BCUT2D eigenvalue weighted by Crippen LogP contribution is -2.36. The molecule has 0 aromatic carbocycles. The van der Waals surface area contributed by atoms with E-state index in [0.29, 0.717) is 17.9 Å². The second kappa shape index (κ2) is 6.47. The fourth-order valence-electron chi connectivity index (χ4n) is 1.59. The van der Waals surface area contributed by atoms with Crippen LogP contribution in [0.1, 0.15) is 55.0 Å². The number of nitrogens with zero attached hydrogens (tertiary/aromatic N) is 1. The van der Waals surface area contributed by atoms with Crippen molar-refractivity contribution in [2.45, 2.75) is 46.1 Å². The summed E-state index contributed by atoms with van der Waals surface area (Å²) in [5, 5.41) is 11.9. The predicted octanol–water partition coefficient (Wildman–Crippen LogP) is 0.702. The van der Waals surface area contributed by atoms with Crippen LogP contribution in [0.5, 0.6) is 0 Å². The standard InChI is InChI=1S/C13H21N3O3/c1-5-9(17)6-14-12(18)10-8(4)15-11(7(2)3)16-13(10)19/h7,9,17H,5-6H2,1-4H3,(H,14,18)(H,15,16,19). The number of aryl methyl sites for hydroxylation is 1. The Morgan fingerprint density at radius 1 is 1.47 bits per heavy atom. The van der Waals surface area contributed by atoms with Crippen LogP contribution in [-0.4, -0.2) is 33.6 Å². The van der Waals surface area contributed by atoms with Crippen molar-refractivity contribution in [3.63, 3.8) is 0 Å². The molecule has 1 heterocycles. The van der Waals surface area contributed by atoms with Gasteiger partial charge >= 0.3 is 0 Å². The number of carbonyl (C=O) groups is 1. The van der Waals surface area contributed by atoms with E-state index in [1.165, 1.54) is 0 Å². The van der Waals surface area contributed by atoms with Gasteiger partial charge in [-0.1, -0.05) is 20.8 Å². The van der Waals surface area contributed by atoms with Crippen molar-refractivity contribution >= 4 is 5.91 Å². The number of rotatable bonds is 5. The minimum absolute atomic E-state index is 0.00713. The number of amides is 1. The van der Waals surface area contributed by atoms with Crippen molar-refractivity contribution in [1.29, 1.82) is 0 Å². The maximum atomic E-state index is 11.9. The zero-order valence-electron chi connectivity index (χ0n) is 11.8. The van der Waals surface area contributed by atoms with Crippen LogP contribution >= 0.6 is 0 Å². The number of hydrogen-bond acceptors (Lipinski definition) is 4. The predicted molar refractivity (Wildman–Crippen MR) is 72.3 cm³/mol. The molecule has 0 aliphatic rings. The molecule has 1 atom stereocenters. The van der Waals surface area contributed by atoms with Crippen LogP contribution in [0.3, 0.4) is 0 Å². The van der Waals surface area contributed by atoms with Crippen LogP contribution in [0.2, 0.25) is 0 Å². The van der Waals surface area contributed by atoms with Crippen molar-refractivity contribution in [2.24, 2.45) is 0 Å². The van der Waals surface area contributed by atoms with Crippen molar-refractivity contribution in [1.82, 2.24) is 15.3 Å². The second-order valence-corrected chi connectivity index (χ2v) is 4.84. The Bertz CT molecular complexity index is 508. The number of carbonyl (C=O) groups excluding carboxylic acids is 1. The first-order valence-electron chi connectivity index (χ1n) is 6.43. The molecule has 19 heavy (non-hydrogen) atoms. The molecule has 3 N–H and O–H groups in total. The Morgan fingerprint density at radius 2 is 2.11 bits per heavy atom. The highest BCUT2D eigenvalue weighted by Gasteiger charge is 2.17. The van der Waals surface area contributed by atoms with E-state index in [4.69, 9.17) is 0 Å². The molecular formula is C13H21N3O3. The van der Waals surface area contributed by atoms with Gasteiger partial charge in [0.05, 0.1) is 11.8 Å². The largest absolute Gasteiger partial charge is 0.391 e. The Morgan fingerprint density at radius 3 is 2.58 bits per heavy atom. The van der Waals surface area contributed by atoms with Gasteiger partial charge in [-0.2, -0.15) is 0 Å². The normalized spacial score (nSPS) is 12.5. The van der Waals surface area contributed by atoms with Gasteiger partial charge in [0.25, 0.3) is 11.5 Å². The van der Waals surface area contributed by atoms with Gasteiger partial charge in [-0.25, -0.2) is 4.98 Å². The first-order valence-corrected chi connectivity index (χ1v) is 6.43. The molecule has 106 valence electrons. The monoisotopic (exact) mass is 267 g/mol. The van der Waals surface area contributed by atoms with Crippen LogP contribution in [0, 0.1) is 6.92 Å². The zero-order valence-corrected chi connectivity index (χ0v) is 11.8. The minimum atomic E-state index is -0.605. The van der Waals surface area contributed by atoms with Crippen molar-refractivity contribution in [3.05, 3.63) is 27.4 Å². The summed E-state index contributed by atoms with van der Waals surface area (Å²) in [6, 6.07) is 0. The van der Waals surface area contributed by atoms with Gasteiger partial charge in [0.2, 0.25) is 0 Å². The smallest absolute Gasteiger partial charge is 0.264 e. The van der Waals surface area contributed by atoms with Gasteiger partial charge in [-0.05, 0) is 13.3 Å². The molecule has 1 amide bonds. The third kappa shape index (κ3) is 3.89. The molecule has 0 aliphatic carbocycles. The maximum absolute atomic E-state index is 11.9. The molecular weight excluding hydrogens is 246 g/mol. The maximum Gasteiger partial charge on any atom is 0.264 e. The molecule has 6 heteroatoms. The van der Waals surface area contributed by atoms with E-state index in [1.807, 2.05) is 20.8 Å². The molecule has 0 saturated carbocycles. The van der Waals surface area contributed by atoms with E-state index in [1.54, 1.807) is 6.92 Å². The SMILES string of the molecule is CCC(O)CNC(=O)c1c(C)nc(C(C)C)[nH]c1=O. The molecule has 1 rings (SSSR count). The summed E-state index contributed by atoms with van der Waals surface area (Å²) >= 11 is 0. The van der Waals surface area contributed by atoms with E-state index >= 15 is 0 Å². The van der Waals surface area contributed by atoms with E-state index in [-0.39, 0.29) is 18.0 Å². The molecule has 1 aromatic rings. The summed E-state index contributed by atoms with van der Waals surface area (Å²) in [5.74, 6) is 0.145. The molecule has 0 bridgehead atoms. The topological polar surface area (TPSA) is 95.1 Å². The van der Waals surface area contributed by atoms with E-state index < -0.39 is 17.6 Å². The Hall–Kier alpha value is -1.69. The Balaban J connectivity index is 2.95. The molecule has 6 nitrogen and oxygen atoms in total. The molecule has 0 saturated heterocycles. The fraction of sp³-hybridized carbons (Fsp3) is 0.615. The summed E-state index contributed by atoms with van der Waals surface area (Å²) in [5.41, 5.74) is -0.0386. The molecule has 1 aromatic heterocycles. The molecule has 0 aliphatic heterocycles. The lowest BCUT2D eigenvalue weighted by atomic mass is 10.1. The lowest BCUT2D eigenvalue weighted by molar-refractivity contribution is 0.0911. The number of aromatic nitrogens is 2. The van der Waals surface area contributed by atoms with Gasteiger partial charge in [0, 0.05) is 12.5 Å². The number of aliphatic hydroxyl groups is 1. The van der Waals surface area contributed by atoms with E-state index in [9.17, 15) is 14.7 Å². The average Bonchev–Trinajstić information content (AvgIpc) is 2.34. The van der Waals surface area contributed by atoms with Crippen molar-refractivity contribution in [2.75, 3.05) is 6.54 Å². The number of hydrogen-bond donors (Lipinski definition) is 3. The molecule has 0 fully saturated rings. The Kier molecular flexibility index (Phi) is 5.23. The van der Waals surface area contributed by atoms with E-state index in [0.717, 1.165) is 0 Å². The van der Waals surface area contributed by atoms with Crippen LogP contribution in [0.4, 0.5) is 0 Å².